The van der Waals surface area contributed by atoms with Crippen molar-refractivity contribution in [2.24, 2.45) is 5.92 Å². The second kappa shape index (κ2) is 5.38. The van der Waals surface area contributed by atoms with Crippen LogP contribution in [0.25, 0.3) is 0 Å². The van der Waals surface area contributed by atoms with E-state index in [4.69, 9.17) is 0 Å². The Morgan fingerprint density at radius 2 is 2.00 bits per heavy atom. The summed E-state index contributed by atoms with van der Waals surface area (Å²) in [7, 11) is 0. The van der Waals surface area contributed by atoms with Gasteiger partial charge in [0.1, 0.15) is 0 Å². The summed E-state index contributed by atoms with van der Waals surface area (Å²) in [5, 5.41) is 0. The summed E-state index contributed by atoms with van der Waals surface area (Å²) in [5.41, 5.74) is 4.90. The molecule has 0 N–H and O–H groups in total. The fourth-order valence-electron chi connectivity index (χ4n) is 2.11. The lowest BCUT2D eigenvalue weighted by atomic mass is 9.86. The highest BCUT2D eigenvalue weighted by Gasteiger charge is 2.12. The standard InChI is InChI=1S/C14H24/c1-5-6-7-13-8-9-14(11(2)3)10-12(13)4/h10-11H,5-9H2,1-4H3. The molecule has 0 aromatic heterocycles. The van der Waals surface area contributed by atoms with Crippen molar-refractivity contribution in [1.82, 2.24) is 0 Å². The number of rotatable bonds is 4. The monoisotopic (exact) mass is 192 g/mol. The minimum Gasteiger partial charge on any atom is -0.0671 e. The quantitative estimate of drug-likeness (QED) is 0.596. The van der Waals surface area contributed by atoms with E-state index in [0.29, 0.717) is 0 Å². The lowest BCUT2D eigenvalue weighted by Crippen LogP contribution is -2.02. The van der Waals surface area contributed by atoms with Crippen LogP contribution in [0.15, 0.2) is 22.8 Å². The number of hydrogen-bond donors (Lipinski definition) is 0. The Morgan fingerprint density at radius 3 is 2.50 bits per heavy atom. The summed E-state index contributed by atoms with van der Waals surface area (Å²) in [5.74, 6) is 0.734. The summed E-state index contributed by atoms with van der Waals surface area (Å²) in [6, 6.07) is 0. The van der Waals surface area contributed by atoms with Crippen molar-refractivity contribution in [2.75, 3.05) is 0 Å². The van der Waals surface area contributed by atoms with Crippen molar-refractivity contribution in [3.63, 3.8) is 0 Å². The molecule has 0 nitrogen and oxygen atoms in total. The molecule has 0 aliphatic heterocycles. The van der Waals surface area contributed by atoms with Gasteiger partial charge in [0.05, 0.1) is 0 Å². The molecule has 0 heteroatoms. The summed E-state index contributed by atoms with van der Waals surface area (Å²) in [4.78, 5) is 0. The molecule has 0 aromatic rings. The lowest BCUT2D eigenvalue weighted by molar-refractivity contribution is 0.669. The highest BCUT2D eigenvalue weighted by Crippen LogP contribution is 2.30. The van der Waals surface area contributed by atoms with Gasteiger partial charge in [-0.3, -0.25) is 0 Å². The molecule has 80 valence electrons. The van der Waals surface area contributed by atoms with Gasteiger partial charge in [-0.15, -0.1) is 0 Å². The van der Waals surface area contributed by atoms with Gasteiger partial charge in [-0.1, -0.05) is 50.0 Å². The Morgan fingerprint density at radius 1 is 1.29 bits per heavy atom. The topological polar surface area (TPSA) is 0 Å². The van der Waals surface area contributed by atoms with Gasteiger partial charge >= 0.3 is 0 Å². The molecular formula is C14H24. The molecule has 0 heterocycles. The molecule has 0 unspecified atom stereocenters. The molecule has 0 radical (unpaired) electrons. The van der Waals surface area contributed by atoms with E-state index >= 15 is 0 Å². The number of allylic oxidation sites excluding steroid dienone is 4. The molecular weight excluding hydrogens is 168 g/mol. The van der Waals surface area contributed by atoms with Crippen LogP contribution in [0.1, 0.15) is 59.8 Å². The number of unbranched alkanes of at least 4 members (excludes halogenated alkanes) is 1. The Balaban J connectivity index is 2.65. The molecule has 0 spiro atoms. The van der Waals surface area contributed by atoms with Crippen molar-refractivity contribution >= 4 is 0 Å². The first-order valence-corrected chi connectivity index (χ1v) is 6.04. The molecule has 1 rings (SSSR count). The van der Waals surface area contributed by atoms with E-state index in [2.05, 4.69) is 33.8 Å². The highest BCUT2D eigenvalue weighted by molar-refractivity contribution is 5.32. The average molecular weight is 192 g/mol. The van der Waals surface area contributed by atoms with E-state index in [1.54, 1.807) is 16.7 Å². The molecule has 0 fully saturated rings. The van der Waals surface area contributed by atoms with Gasteiger partial charge in [0.25, 0.3) is 0 Å². The summed E-state index contributed by atoms with van der Waals surface area (Å²) < 4.78 is 0. The fraction of sp³-hybridized carbons (Fsp3) is 0.714. The van der Waals surface area contributed by atoms with E-state index in [-0.39, 0.29) is 0 Å². The SMILES string of the molecule is CCCCC1=C(C)C=C(C(C)C)CC1. The third-order valence-corrected chi connectivity index (χ3v) is 3.25. The Labute approximate surface area is 89.1 Å². The van der Waals surface area contributed by atoms with Crippen LogP contribution in [0.2, 0.25) is 0 Å². The second-order valence-corrected chi connectivity index (χ2v) is 4.76. The van der Waals surface area contributed by atoms with Crippen LogP contribution in [0, 0.1) is 5.92 Å². The van der Waals surface area contributed by atoms with Gasteiger partial charge in [0.2, 0.25) is 0 Å². The Bertz CT molecular complexity index is 241. The van der Waals surface area contributed by atoms with Gasteiger partial charge in [-0.05, 0) is 38.5 Å². The molecule has 0 saturated heterocycles. The molecule has 0 bridgehead atoms. The molecule has 0 saturated carbocycles. The zero-order valence-electron chi connectivity index (χ0n) is 10.2. The normalized spacial score (nSPS) is 17.6. The molecule has 1 aliphatic carbocycles. The summed E-state index contributed by atoms with van der Waals surface area (Å²) in [6.45, 7) is 9.16. The maximum Gasteiger partial charge on any atom is -0.0257 e. The average Bonchev–Trinajstić information content (AvgIpc) is 2.15. The maximum absolute atomic E-state index is 2.43. The maximum atomic E-state index is 2.43. The van der Waals surface area contributed by atoms with E-state index in [1.807, 2.05) is 0 Å². The predicted octanol–water partition coefficient (Wildman–Crippen LogP) is 4.87. The van der Waals surface area contributed by atoms with Gasteiger partial charge in [-0.2, -0.15) is 0 Å². The fourth-order valence-corrected chi connectivity index (χ4v) is 2.11. The summed E-state index contributed by atoms with van der Waals surface area (Å²) >= 11 is 0. The van der Waals surface area contributed by atoms with Gasteiger partial charge in [-0.25, -0.2) is 0 Å². The van der Waals surface area contributed by atoms with Gasteiger partial charge < -0.3 is 0 Å². The van der Waals surface area contributed by atoms with Crippen molar-refractivity contribution < 1.29 is 0 Å². The Hall–Kier alpha value is -0.520. The third-order valence-electron chi connectivity index (χ3n) is 3.25. The van der Waals surface area contributed by atoms with E-state index < -0.39 is 0 Å². The lowest BCUT2D eigenvalue weighted by Gasteiger charge is -2.20. The van der Waals surface area contributed by atoms with Crippen molar-refractivity contribution in [2.45, 2.75) is 59.8 Å². The van der Waals surface area contributed by atoms with Crippen LogP contribution in [0.3, 0.4) is 0 Å². The molecule has 14 heavy (non-hydrogen) atoms. The van der Waals surface area contributed by atoms with Crippen LogP contribution in [0.5, 0.6) is 0 Å². The number of hydrogen-bond acceptors (Lipinski definition) is 0. The van der Waals surface area contributed by atoms with Crippen LogP contribution in [-0.2, 0) is 0 Å². The van der Waals surface area contributed by atoms with E-state index in [9.17, 15) is 0 Å². The Kier molecular flexibility index (Phi) is 4.44. The first kappa shape index (κ1) is 11.6. The van der Waals surface area contributed by atoms with Crippen molar-refractivity contribution in [3.05, 3.63) is 22.8 Å². The first-order valence-electron chi connectivity index (χ1n) is 6.04. The van der Waals surface area contributed by atoms with Crippen LogP contribution >= 0.6 is 0 Å². The van der Waals surface area contributed by atoms with Crippen molar-refractivity contribution in [1.29, 1.82) is 0 Å². The highest BCUT2D eigenvalue weighted by atomic mass is 14.2. The molecule has 1 aliphatic rings. The summed E-state index contributed by atoms with van der Waals surface area (Å²) in [6.07, 6.45) is 9.04. The van der Waals surface area contributed by atoms with E-state index in [0.717, 1.165) is 5.92 Å². The van der Waals surface area contributed by atoms with Crippen LogP contribution in [-0.4, -0.2) is 0 Å². The van der Waals surface area contributed by atoms with Crippen molar-refractivity contribution in [3.8, 4) is 0 Å². The molecule has 0 aromatic carbocycles. The zero-order valence-corrected chi connectivity index (χ0v) is 10.2. The minimum absolute atomic E-state index is 0.734. The first-order chi connectivity index (χ1) is 6.65. The van der Waals surface area contributed by atoms with Gasteiger partial charge in [0, 0.05) is 0 Å². The largest absolute Gasteiger partial charge is 0.0671 e. The van der Waals surface area contributed by atoms with E-state index in [1.165, 1.54) is 32.1 Å². The third kappa shape index (κ3) is 3.01. The molecule has 0 atom stereocenters. The smallest absolute Gasteiger partial charge is 0.0257 e. The molecule has 0 amide bonds. The predicted molar refractivity (Wildman–Crippen MR) is 64.4 cm³/mol. The van der Waals surface area contributed by atoms with Gasteiger partial charge in [0.15, 0.2) is 0 Å². The van der Waals surface area contributed by atoms with Crippen LogP contribution in [0.4, 0.5) is 0 Å². The second-order valence-electron chi connectivity index (χ2n) is 4.76. The van der Waals surface area contributed by atoms with Crippen LogP contribution < -0.4 is 0 Å². The zero-order chi connectivity index (χ0) is 10.6. The minimum atomic E-state index is 0.734.